The van der Waals surface area contributed by atoms with E-state index in [1.165, 1.54) is 0 Å². The van der Waals surface area contributed by atoms with Crippen molar-refractivity contribution in [2.45, 2.75) is 13.8 Å². The number of hydrogen-bond acceptors (Lipinski definition) is 3. The highest BCUT2D eigenvalue weighted by molar-refractivity contribution is 8.01. The Morgan fingerprint density at radius 2 is 1.24 bits per heavy atom. The van der Waals surface area contributed by atoms with Gasteiger partial charge in [0.05, 0.1) is 5.02 Å². The Morgan fingerprint density at radius 3 is 1.88 bits per heavy atom. The minimum absolute atomic E-state index is 0.119. The third-order valence-corrected chi connectivity index (χ3v) is 8.83. The highest BCUT2D eigenvalue weighted by Gasteiger charge is 2.46. The van der Waals surface area contributed by atoms with E-state index in [1.54, 1.807) is 74.5 Å². The van der Waals surface area contributed by atoms with Crippen LogP contribution in [0, 0.1) is 13.8 Å². The molecule has 0 heterocycles. The summed E-state index contributed by atoms with van der Waals surface area (Å²) in [5.74, 6) is 0. The van der Waals surface area contributed by atoms with Gasteiger partial charge < -0.3 is 4.57 Å². The second-order valence-corrected chi connectivity index (χ2v) is 10.7. The molecule has 0 spiro atoms. The smallest absolute Gasteiger partial charge is 0.249 e. The average molecular weight is 473 g/mol. The molecule has 0 N–H and O–H groups in total. The fraction of sp³-hybridized carbons (Fsp3) is 0.0714. The van der Waals surface area contributed by atoms with Crippen LogP contribution in [0.15, 0.2) is 97.1 Å². The lowest BCUT2D eigenvalue weighted by atomic mass is 10.0. The van der Waals surface area contributed by atoms with Gasteiger partial charge in [0.15, 0.2) is 0 Å². The van der Waals surface area contributed by atoms with Gasteiger partial charge in [-0.15, -0.1) is 0 Å². The summed E-state index contributed by atoms with van der Waals surface area (Å²) < 4.78 is 15.0. The monoisotopic (exact) mass is 472 g/mol. The molecule has 0 fully saturated rings. The molecule has 0 saturated heterocycles. The Balaban J connectivity index is 2.07. The molecule has 5 heteroatoms. The molecule has 0 aliphatic carbocycles. The average Bonchev–Trinajstić information content (AvgIpc) is 2.84. The maximum atomic E-state index is 15.0. The summed E-state index contributed by atoms with van der Waals surface area (Å²) in [6.07, 6.45) is 0. The van der Waals surface area contributed by atoms with E-state index in [4.69, 9.17) is 11.6 Å². The zero-order valence-corrected chi connectivity index (χ0v) is 19.9. The molecule has 0 aromatic heterocycles. The first-order chi connectivity index (χ1) is 15.9. The van der Waals surface area contributed by atoms with Crippen molar-refractivity contribution in [3.05, 3.63) is 124 Å². The van der Waals surface area contributed by atoms with Crippen LogP contribution in [0.1, 0.15) is 31.8 Å². The van der Waals surface area contributed by atoms with E-state index in [-0.39, 0.29) is 21.5 Å². The van der Waals surface area contributed by atoms with Gasteiger partial charge in [0.25, 0.3) is 0 Å². The van der Waals surface area contributed by atoms with Crippen molar-refractivity contribution in [3.63, 3.8) is 0 Å². The predicted octanol–water partition coefficient (Wildman–Crippen LogP) is 7.29. The largest absolute Gasteiger partial charge is 0.302 e. The molecule has 1 unspecified atom stereocenters. The summed E-state index contributed by atoms with van der Waals surface area (Å²) in [5.41, 5.74) is 1.47. The maximum absolute atomic E-state index is 15.0. The van der Waals surface area contributed by atoms with Gasteiger partial charge in [-0.05, 0) is 42.2 Å². The maximum Gasteiger partial charge on any atom is 0.249 e. The second kappa shape index (κ2) is 9.31. The summed E-state index contributed by atoms with van der Waals surface area (Å²) in [6, 6.07) is 28.1. The quantitative estimate of drug-likeness (QED) is 0.277. The highest BCUT2D eigenvalue weighted by Crippen LogP contribution is 2.54. The minimum atomic E-state index is -4.35. The summed E-state index contributed by atoms with van der Waals surface area (Å²) in [4.78, 5) is 28.0. The molecule has 0 amide bonds. The van der Waals surface area contributed by atoms with Gasteiger partial charge in [0.1, 0.15) is 0 Å². The van der Waals surface area contributed by atoms with Crippen molar-refractivity contribution in [1.29, 1.82) is 0 Å². The fourth-order valence-electron chi connectivity index (χ4n) is 4.05. The standard InChI is InChI=1S/C28H22ClO3P/c1-19-11-10-18-24(29)25(19)28(31)33(32,27(30)22-15-7-4-8-16-22)26-20(2)12-9-17-23(26)21-13-5-3-6-14-21/h3-18H,1-2H3. The Bertz CT molecular complexity index is 1380. The Morgan fingerprint density at radius 1 is 0.667 bits per heavy atom. The zero-order chi connectivity index (χ0) is 23.6. The van der Waals surface area contributed by atoms with Crippen LogP contribution in [-0.2, 0) is 4.57 Å². The third-order valence-electron chi connectivity index (χ3n) is 5.67. The molecule has 4 aromatic rings. The number of benzene rings is 4. The van der Waals surface area contributed by atoms with Crippen LogP contribution in [0.5, 0.6) is 0 Å². The molecule has 0 radical (unpaired) electrons. The number of carbonyl (C=O) groups is 2. The molecule has 1 atom stereocenters. The first kappa shape index (κ1) is 22.9. The molecular weight excluding hydrogens is 451 g/mol. The molecule has 33 heavy (non-hydrogen) atoms. The van der Waals surface area contributed by atoms with Crippen molar-refractivity contribution >= 4 is 35.1 Å². The molecule has 0 saturated carbocycles. The van der Waals surface area contributed by atoms with E-state index in [1.807, 2.05) is 36.4 Å². The number of aryl methyl sites for hydroxylation is 2. The predicted molar refractivity (Wildman–Crippen MR) is 135 cm³/mol. The van der Waals surface area contributed by atoms with Gasteiger partial charge in [-0.1, -0.05) is 103 Å². The van der Waals surface area contributed by atoms with Crippen LogP contribution in [0.25, 0.3) is 11.1 Å². The normalized spacial score (nSPS) is 12.7. The van der Waals surface area contributed by atoms with E-state index in [0.29, 0.717) is 16.7 Å². The second-order valence-electron chi connectivity index (χ2n) is 7.85. The van der Waals surface area contributed by atoms with Crippen LogP contribution in [0.4, 0.5) is 0 Å². The Labute approximate surface area is 198 Å². The summed E-state index contributed by atoms with van der Waals surface area (Å²) in [6.45, 7) is 3.51. The number of rotatable bonds is 6. The van der Waals surface area contributed by atoms with Gasteiger partial charge >= 0.3 is 0 Å². The summed E-state index contributed by atoms with van der Waals surface area (Å²) in [5, 5.41) is 0.435. The first-order valence-electron chi connectivity index (χ1n) is 10.5. The number of hydrogen-bond donors (Lipinski definition) is 0. The lowest BCUT2D eigenvalue weighted by molar-refractivity contribution is 0.104. The van der Waals surface area contributed by atoms with Crippen molar-refractivity contribution < 1.29 is 14.2 Å². The van der Waals surface area contributed by atoms with Gasteiger partial charge in [-0.3, -0.25) is 9.59 Å². The van der Waals surface area contributed by atoms with E-state index in [0.717, 1.165) is 5.56 Å². The van der Waals surface area contributed by atoms with Gasteiger partial charge in [0.2, 0.25) is 18.2 Å². The molecule has 0 aliphatic heterocycles. The molecule has 0 aliphatic rings. The van der Waals surface area contributed by atoms with Gasteiger partial charge in [-0.25, -0.2) is 0 Å². The van der Waals surface area contributed by atoms with Crippen LogP contribution < -0.4 is 5.30 Å². The fourth-order valence-corrected chi connectivity index (χ4v) is 7.25. The number of carbonyl (C=O) groups excluding carboxylic acids is 2. The van der Waals surface area contributed by atoms with E-state index < -0.39 is 18.2 Å². The topological polar surface area (TPSA) is 51.2 Å². The van der Waals surface area contributed by atoms with Crippen molar-refractivity contribution in [3.8, 4) is 11.1 Å². The van der Waals surface area contributed by atoms with E-state index in [9.17, 15) is 14.2 Å². The minimum Gasteiger partial charge on any atom is -0.302 e. The molecule has 3 nitrogen and oxygen atoms in total. The third kappa shape index (κ3) is 4.11. The Kier molecular flexibility index (Phi) is 6.47. The summed E-state index contributed by atoms with van der Waals surface area (Å²) in [7, 11) is -4.35. The molecule has 0 bridgehead atoms. The molecule has 4 rings (SSSR count). The van der Waals surface area contributed by atoms with Crippen LogP contribution in [0.2, 0.25) is 5.02 Å². The molecular formula is C28H22ClO3P. The lowest BCUT2D eigenvalue weighted by Crippen LogP contribution is -2.25. The summed E-state index contributed by atoms with van der Waals surface area (Å²) >= 11 is 6.41. The van der Waals surface area contributed by atoms with E-state index >= 15 is 0 Å². The highest BCUT2D eigenvalue weighted by atomic mass is 35.5. The van der Waals surface area contributed by atoms with Gasteiger partial charge in [-0.2, -0.15) is 0 Å². The SMILES string of the molecule is Cc1cccc(Cl)c1C(=O)P(=O)(C(=O)c1ccccc1)c1c(C)cccc1-c1ccccc1. The van der Waals surface area contributed by atoms with Crippen LogP contribution in [-0.4, -0.2) is 11.0 Å². The van der Waals surface area contributed by atoms with Crippen molar-refractivity contribution in [2.75, 3.05) is 0 Å². The Hall–Kier alpha value is -3.26. The molecule has 4 aromatic carbocycles. The van der Waals surface area contributed by atoms with Crippen LogP contribution in [0.3, 0.4) is 0 Å². The van der Waals surface area contributed by atoms with E-state index in [2.05, 4.69) is 0 Å². The zero-order valence-electron chi connectivity index (χ0n) is 18.3. The first-order valence-corrected chi connectivity index (χ1v) is 12.6. The number of halogens is 1. The molecule has 164 valence electrons. The van der Waals surface area contributed by atoms with Gasteiger partial charge in [0, 0.05) is 16.4 Å². The van der Waals surface area contributed by atoms with Crippen molar-refractivity contribution in [1.82, 2.24) is 0 Å². The van der Waals surface area contributed by atoms with Crippen molar-refractivity contribution in [2.24, 2.45) is 0 Å². The van der Waals surface area contributed by atoms with Crippen LogP contribution >= 0.6 is 18.7 Å². The lowest BCUT2D eigenvalue weighted by Gasteiger charge is -2.23.